The minimum absolute atomic E-state index is 0.00865. The number of H-pyrrole nitrogens is 3. The molecule has 27 heteroatoms. The predicted molar refractivity (Wildman–Crippen MR) is 368 cm³/mol. The third-order valence-electron chi connectivity index (χ3n) is 20.6. The molecule has 0 bridgehead atoms. The molecule has 3 N–H and O–H groups in total. The molecule has 0 aromatic carbocycles. The van der Waals surface area contributed by atoms with E-state index in [2.05, 4.69) is 169 Å². The van der Waals surface area contributed by atoms with Crippen molar-refractivity contribution in [1.82, 2.24) is 28.7 Å². The molecular formula is C69H104N6O18Si3. The summed E-state index contributed by atoms with van der Waals surface area (Å²) in [7, 11) is -8.61. The van der Waals surface area contributed by atoms with E-state index < -0.39 is 168 Å². The van der Waals surface area contributed by atoms with Crippen molar-refractivity contribution in [3.05, 3.63) is 98.3 Å². The molecule has 3 aromatic heterocycles. The van der Waals surface area contributed by atoms with Gasteiger partial charge in [-0.15, -0.1) is 6.42 Å². The maximum absolute atomic E-state index is 14.9. The van der Waals surface area contributed by atoms with Crippen molar-refractivity contribution >= 4 is 25.0 Å². The zero-order valence-electron chi connectivity index (χ0n) is 60.4. The molecule has 0 amide bonds. The fraction of sp³-hybridized carbons (Fsp3) is 0.739. The second-order valence-corrected chi connectivity index (χ2v) is 47.1. The van der Waals surface area contributed by atoms with Crippen LogP contribution in [0.5, 0.6) is 0 Å². The number of ether oxygens (including phenoxy) is 9. The molecule has 0 radical (unpaired) electrons. The Bertz CT molecular complexity index is 3820. The molecule has 0 aliphatic carbocycles. The molecule has 96 heavy (non-hydrogen) atoms. The smallest absolute Gasteiger partial charge is 0.331 e. The van der Waals surface area contributed by atoms with Crippen LogP contribution in [0.25, 0.3) is 0 Å². The van der Waals surface area contributed by atoms with Crippen LogP contribution in [0.1, 0.15) is 196 Å². The highest BCUT2D eigenvalue weighted by atomic mass is 28.4. The molecular weight excluding hydrogens is 1290 g/mol. The Balaban J connectivity index is 1.19. The molecule has 6 saturated heterocycles. The van der Waals surface area contributed by atoms with Gasteiger partial charge in [-0.1, -0.05) is 142 Å². The van der Waals surface area contributed by atoms with Gasteiger partial charge in [-0.25, -0.2) is 14.4 Å². The second kappa shape index (κ2) is 27.8. The summed E-state index contributed by atoms with van der Waals surface area (Å²) < 4.78 is 86.9. The number of rotatable bonds is 21. The number of terminal acetylenes is 1. The molecule has 9 heterocycles. The second-order valence-electron chi connectivity index (χ2n) is 30.8. The van der Waals surface area contributed by atoms with E-state index in [1.54, 1.807) is 41.5 Å². The van der Waals surface area contributed by atoms with E-state index in [0.29, 0.717) is 0 Å². The molecule has 24 nitrogen and oxygen atoms in total. The summed E-state index contributed by atoms with van der Waals surface area (Å²) in [5.74, 6) is 12.4. The van der Waals surface area contributed by atoms with Gasteiger partial charge in [0.05, 0.1) is 0 Å². The predicted octanol–water partition coefficient (Wildman–Crippen LogP) is 8.91. The van der Waals surface area contributed by atoms with Crippen molar-refractivity contribution in [2.24, 2.45) is 0 Å². The van der Waals surface area contributed by atoms with Gasteiger partial charge in [-0.3, -0.25) is 43.0 Å². The largest absolute Gasteiger partial charge is 0.400 e. The summed E-state index contributed by atoms with van der Waals surface area (Å²) in [4.78, 5) is 90.1. The Kier molecular flexibility index (Phi) is 21.7. The summed E-state index contributed by atoms with van der Waals surface area (Å²) in [5.41, 5.74) is -4.11. The van der Waals surface area contributed by atoms with Gasteiger partial charge < -0.3 is 55.9 Å². The Morgan fingerprint density at radius 2 is 0.698 bits per heavy atom. The summed E-state index contributed by atoms with van der Waals surface area (Å²) in [6.45, 7) is 48.9. The van der Waals surface area contributed by atoms with Gasteiger partial charge in [0.2, 0.25) is 25.0 Å². The lowest BCUT2D eigenvalue weighted by molar-refractivity contribution is -0.204. The topological polar surface area (TPSA) is 275 Å². The van der Waals surface area contributed by atoms with E-state index >= 15 is 0 Å². The number of nitrogens with one attached hydrogen (secondary N) is 3. The van der Waals surface area contributed by atoms with Crippen LogP contribution in [0, 0.1) is 36.0 Å². The lowest BCUT2D eigenvalue weighted by Crippen LogP contribution is -2.53. The van der Waals surface area contributed by atoms with Gasteiger partial charge >= 0.3 is 17.1 Å². The molecule has 3 aromatic rings. The first-order chi connectivity index (χ1) is 44.6. The minimum Gasteiger partial charge on any atom is -0.400 e. The summed E-state index contributed by atoms with van der Waals surface area (Å²) in [6, 6.07) is 3.62. The lowest BCUT2D eigenvalue weighted by Gasteiger charge is -2.45. The van der Waals surface area contributed by atoms with Gasteiger partial charge in [0.15, 0.2) is 36.0 Å². The van der Waals surface area contributed by atoms with Crippen LogP contribution in [0.15, 0.2) is 53.2 Å². The standard InChI is InChI=1S/C69H104N6O18Si3/c1-26-46(91-94(35(2)3,36(4)5)37(6)7)52-55-59(89-68(22,23)85-55)62(83-52)74-44(33-50(77)71-65(74)80)28-30-48(93-96(41(14)15,42(16)17)43(18)19)54-57-60(90-69(24,25)87-57)63(84-54)75-45(34-51(78)72-66(75)81)27-29-47(92-95(38(8)9,39(10)11)40(12)13)53-56-58(88-67(20,21)86-56)61(82-53)73-32-31-49(76)70-64(73)79/h1,31-43,46-48,52-63H,2-25H3,(H,70,76,79)(H,71,77,80)(H,72,78,81)/t46-,47-,48-,52-,53-,54-,55-,56-,57-,58-,59-,60-,61-,62-,63-/m1/s1. The summed E-state index contributed by atoms with van der Waals surface area (Å²) >= 11 is 0. The number of hydrogen-bond donors (Lipinski definition) is 3. The number of fused-ring (bicyclic) bond motifs is 3. The van der Waals surface area contributed by atoms with E-state index in [1.165, 1.54) is 38.1 Å². The fourth-order valence-electron chi connectivity index (χ4n) is 17.3. The zero-order valence-corrected chi connectivity index (χ0v) is 63.4. The van der Waals surface area contributed by atoms with Crippen LogP contribution >= 0.6 is 0 Å². The quantitative estimate of drug-likeness (QED) is 0.0663. The highest BCUT2D eigenvalue weighted by molar-refractivity contribution is 6.78. The molecule has 6 aliphatic heterocycles. The van der Waals surface area contributed by atoms with Gasteiger partial charge in [-0.05, 0) is 103 Å². The van der Waals surface area contributed by atoms with Crippen molar-refractivity contribution < 1.29 is 55.9 Å². The van der Waals surface area contributed by atoms with Gasteiger partial charge in [0.25, 0.3) is 16.7 Å². The third kappa shape index (κ3) is 13.8. The number of aromatic amines is 3. The maximum atomic E-state index is 14.9. The third-order valence-corrected chi connectivity index (χ3v) is 38.9. The normalized spacial score (nSPS) is 28.6. The molecule has 9 rings (SSSR count). The number of hydrogen-bond acceptors (Lipinski definition) is 18. The Hall–Kier alpha value is -5.11. The highest BCUT2D eigenvalue weighted by Crippen LogP contribution is 2.52. The van der Waals surface area contributed by atoms with Gasteiger partial charge in [-0.2, -0.15) is 0 Å². The van der Waals surface area contributed by atoms with Crippen LogP contribution in [-0.4, -0.2) is 144 Å². The van der Waals surface area contributed by atoms with Crippen LogP contribution in [0.4, 0.5) is 0 Å². The van der Waals surface area contributed by atoms with E-state index in [1.807, 2.05) is 0 Å². The fourth-order valence-corrected chi connectivity index (χ4v) is 33.6. The van der Waals surface area contributed by atoms with E-state index in [9.17, 15) is 28.8 Å². The summed E-state index contributed by atoms with van der Waals surface area (Å²) in [6.07, 6.45) is -8.02. The first kappa shape index (κ1) is 75.1. The van der Waals surface area contributed by atoms with Crippen molar-refractivity contribution in [3.8, 4) is 36.0 Å². The van der Waals surface area contributed by atoms with Crippen LogP contribution < -0.4 is 33.7 Å². The minimum atomic E-state index is -3.03. The van der Waals surface area contributed by atoms with Crippen molar-refractivity contribution in [2.45, 2.75) is 325 Å². The van der Waals surface area contributed by atoms with E-state index in [0.717, 1.165) is 0 Å². The van der Waals surface area contributed by atoms with Gasteiger partial charge in [0, 0.05) is 24.4 Å². The average molecular weight is 1390 g/mol. The van der Waals surface area contributed by atoms with E-state index in [4.69, 9.17) is 62.3 Å². The van der Waals surface area contributed by atoms with E-state index in [-0.39, 0.29) is 61.3 Å². The average Bonchev–Trinajstić information content (AvgIpc) is 1.59. The highest BCUT2D eigenvalue weighted by Gasteiger charge is 2.64. The van der Waals surface area contributed by atoms with Crippen molar-refractivity contribution in [2.75, 3.05) is 0 Å². The van der Waals surface area contributed by atoms with Crippen LogP contribution in [0.3, 0.4) is 0 Å². The summed E-state index contributed by atoms with van der Waals surface area (Å²) in [5, 5.41) is 0. The monoisotopic (exact) mass is 1390 g/mol. The van der Waals surface area contributed by atoms with Crippen molar-refractivity contribution in [3.63, 3.8) is 0 Å². The number of nitrogens with zero attached hydrogens (tertiary/aromatic N) is 3. The molecule has 6 fully saturated rings. The lowest BCUT2D eigenvalue weighted by atomic mass is 10.1. The molecule has 0 saturated carbocycles. The Labute approximate surface area is 566 Å². The van der Waals surface area contributed by atoms with Crippen LogP contribution in [0.2, 0.25) is 49.9 Å². The molecule has 0 unspecified atom stereocenters. The molecule has 0 spiro atoms. The number of aromatic nitrogens is 6. The Morgan fingerprint density at radius 1 is 0.417 bits per heavy atom. The van der Waals surface area contributed by atoms with Gasteiger partial charge in [0.1, 0.15) is 84.6 Å². The van der Waals surface area contributed by atoms with Crippen molar-refractivity contribution in [1.29, 1.82) is 0 Å². The zero-order chi connectivity index (χ0) is 71.2. The van der Waals surface area contributed by atoms with Crippen LogP contribution in [-0.2, 0) is 55.9 Å². The maximum Gasteiger partial charge on any atom is 0.331 e. The first-order valence-electron chi connectivity index (χ1n) is 34.2. The molecule has 15 atom stereocenters. The molecule has 530 valence electrons. The molecule has 6 aliphatic rings. The first-order valence-corrected chi connectivity index (χ1v) is 40.6. The Morgan fingerprint density at radius 3 is 1.01 bits per heavy atom. The SMILES string of the molecule is C#C[C@@H](O[Si](C(C)C)(C(C)C)C(C)C)[C@H]1O[C@@H](n2c(C#C[C@@H](O[Si](C(C)C)(C(C)C)C(C)C)[C@H]3O[C@@H](n4c(C#C[C@@H](O[Si](C(C)C)(C(C)C)C(C)C)[C@H]5O[C@@H](n6ccc(=O)[nH]c6=O)[C@@H]6OC(C)(C)O[C@@H]65)cc(=O)[nH]c4=O)[C@@H]4OC(C)(C)O[C@@H]43)cc(=O)[nH]c2=O)[C@@H]2OC(C)(C)O[C@@H]21.